The highest BCUT2D eigenvalue weighted by molar-refractivity contribution is 5.50. The molecule has 104 valence electrons. The molecule has 1 atom stereocenters. The van der Waals surface area contributed by atoms with Crippen LogP contribution >= 0.6 is 0 Å². The lowest BCUT2D eigenvalue weighted by molar-refractivity contribution is 0.577. The molecule has 1 N–H and O–H groups in total. The fourth-order valence-electron chi connectivity index (χ4n) is 2.93. The summed E-state index contributed by atoms with van der Waals surface area (Å²) in [7, 11) is 2.05. The van der Waals surface area contributed by atoms with Gasteiger partial charge in [0.15, 0.2) is 0 Å². The smallest absolute Gasteiger partial charge is 0.0369 e. The van der Waals surface area contributed by atoms with E-state index in [1.165, 1.54) is 43.5 Å². The van der Waals surface area contributed by atoms with E-state index in [4.69, 9.17) is 0 Å². The monoisotopic (exact) mass is 258 g/mol. The number of hydrogen-bond acceptors (Lipinski definition) is 2. The first-order valence-electron chi connectivity index (χ1n) is 7.85. The average molecular weight is 258 g/mol. The first-order chi connectivity index (χ1) is 9.31. The van der Waals surface area contributed by atoms with E-state index in [1.54, 1.807) is 0 Å². The Morgan fingerprint density at radius 1 is 1.16 bits per heavy atom. The summed E-state index contributed by atoms with van der Waals surface area (Å²) in [5.74, 6) is 0.973. The molecule has 0 radical (unpaired) electrons. The Labute approximate surface area is 117 Å². The highest BCUT2D eigenvalue weighted by Crippen LogP contribution is 2.37. The molecule has 0 aromatic heterocycles. The number of anilines is 1. The van der Waals surface area contributed by atoms with Gasteiger partial charge in [0.05, 0.1) is 0 Å². The van der Waals surface area contributed by atoms with Gasteiger partial charge in [-0.15, -0.1) is 0 Å². The Balaban J connectivity index is 1.72. The van der Waals surface area contributed by atoms with Crippen molar-refractivity contribution in [2.75, 3.05) is 18.5 Å². The van der Waals surface area contributed by atoms with Gasteiger partial charge in [-0.3, -0.25) is 0 Å². The van der Waals surface area contributed by atoms with Crippen LogP contribution in [-0.2, 0) is 0 Å². The number of nitrogens with one attached hydrogen (secondary N) is 1. The second kappa shape index (κ2) is 5.54. The molecule has 1 aromatic rings. The number of benzene rings is 1. The van der Waals surface area contributed by atoms with Crippen LogP contribution in [0.5, 0.6) is 0 Å². The summed E-state index contributed by atoms with van der Waals surface area (Å²) in [6, 6.07) is 10.6. The Hall–Kier alpha value is -1.02. The van der Waals surface area contributed by atoms with Gasteiger partial charge in [0.1, 0.15) is 0 Å². The summed E-state index contributed by atoms with van der Waals surface area (Å²) in [5, 5.41) is 3.38. The maximum atomic E-state index is 3.38. The first-order valence-corrected chi connectivity index (χ1v) is 7.85. The Kier molecular flexibility index (Phi) is 3.79. The van der Waals surface area contributed by atoms with Gasteiger partial charge in [0, 0.05) is 24.3 Å². The second-order valence-electron chi connectivity index (χ2n) is 6.17. The Morgan fingerprint density at radius 3 is 2.32 bits per heavy atom. The molecule has 0 saturated heterocycles. The van der Waals surface area contributed by atoms with E-state index >= 15 is 0 Å². The fourth-order valence-corrected chi connectivity index (χ4v) is 2.93. The Morgan fingerprint density at radius 2 is 1.84 bits per heavy atom. The van der Waals surface area contributed by atoms with Crippen LogP contribution in [0.25, 0.3) is 0 Å². The van der Waals surface area contributed by atoms with E-state index in [9.17, 15) is 0 Å². The lowest BCUT2D eigenvalue weighted by Crippen LogP contribution is -2.28. The lowest BCUT2D eigenvalue weighted by Gasteiger charge is -2.25. The largest absolute Gasteiger partial charge is 0.368 e. The Bertz CT molecular complexity index is 400. The second-order valence-corrected chi connectivity index (χ2v) is 6.17. The molecule has 0 amide bonds. The van der Waals surface area contributed by atoms with Crippen LogP contribution in [0.2, 0.25) is 0 Å². The molecule has 2 aliphatic rings. The number of hydrogen-bond donors (Lipinski definition) is 1. The van der Waals surface area contributed by atoms with Crippen molar-refractivity contribution in [2.45, 2.75) is 51.1 Å². The van der Waals surface area contributed by atoms with E-state index in [1.807, 2.05) is 7.05 Å². The van der Waals surface area contributed by atoms with E-state index in [0.29, 0.717) is 6.04 Å². The van der Waals surface area contributed by atoms with Crippen molar-refractivity contribution >= 4 is 5.69 Å². The van der Waals surface area contributed by atoms with Crippen molar-refractivity contribution in [3.8, 4) is 0 Å². The van der Waals surface area contributed by atoms with Crippen LogP contribution in [0.1, 0.15) is 50.6 Å². The van der Waals surface area contributed by atoms with E-state index < -0.39 is 0 Å². The SMILES string of the molecule is CCC(NC)c1ccc(N(CC2CC2)C2CC2)cc1. The summed E-state index contributed by atoms with van der Waals surface area (Å²) < 4.78 is 0. The van der Waals surface area contributed by atoms with E-state index in [0.717, 1.165) is 18.4 Å². The van der Waals surface area contributed by atoms with Crippen molar-refractivity contribution in [3.63, 3.8) is 0 Å². The quantitative estimate of drug-likeness (QED) is 0.801. The van der Waals surface area contributed by atoms with Crippen molar-refractivity contribution in [2.24, 2.45) is 5.92 Å². The zero-order valence-corrected chi connectivity index (χ0v) is 12.2. The van der Waals surface area contributed by atoms with Crippen molar-refractivity contribution in [1.29, 1.82) is 0 Å². The van der Waals surface area contributed by atoms with Crippen molar-refractivity contribution in [3.05, 3.63) is 29.8 Å². The zero-order valence-electron chi connectivity index (χ0n) is 12.2. The van der Waals surface area contributed by atoms with Gasteiger partial charge in [0.25, 0.3) is 0 Å². The van der Waals surface area contributed by atoms with Crippen molar-refractivity contribution < 1.29 is 0 Å². The van der Waals surface area contributed by atoms with Crippen LogP contribution in [0.4, 0.5) is 5.69 Å². The third kappa shape index (κ3) is 3.11. The molecule has 0 bridgehead atoms. The lowest BCUT2D eigenvalue weighted by atomic mass is 10.0. The zero-order chi connectivity index (χ0) is 13.2. The average Bonchev–Trinajstić information content (AvgIpc) is 3.31. The normalized spacial score (nSPS) is 20.3. The molecule has 2 aliphatic carbocycles. The topological polar surface area (TPSA) is 15.3 Å². The van der Waals surface area contributed by atoms with Crippen LogP contribution in [0.3, 0.4) is 0 Å². The summed E-state index contributed by atoms with van der Waals surface area (Å²) in [6.45, 7) is 3.52. The molecule has 19 heavy (non-hydrogen) atoms. The highest BCUT2D eigenvalue weighted by atomic mass is 15.2. The highest BCUT2D eigenvalue weighted by Gasteiger charge is 2.33. The molecule has 2 heteroatoms. The van der Waals surface area contributed by atoms with Gasteiger partial charge in [-0.05, 0) is 62.8 Å². The fraction of sp³-hybridized carbons (Fsp3) is 0.647. The molecule has 2 saturated carbocycles. The van der Waals surface area contributed by atoms with Crippen LogP contribution < -0.4 is 10.2 Å². The van der Waals surface area contributed by atoms with Gasteiger partial charge in [-0.1, -0.05) is 19.1 Å². The predicted octanol–water partition coefficient (Wildman–Crippen LogP) is 3.74. The molecule has 1 unspecified atom stereocenters. The molecule has 0 spiro atoms. The standard InChI is InChI=1S/C17H26N2/c1-3-17(18-2)14-6-8-15(9-7-14)19(16-10-11-16)12-13-4-5-13/h6-9,13,16-18H,3-5,10-12H2,1-2H3. The van der Waals surface area contributed by atoms with Gasteiger partial charge < -0.3 is 10.2 Å². The summed E-state index contributed by atoms with van der Waals surface area (Å²) in [6.07, 6.45) is 6.81. The van der Waals surface area contributed by atoms with Gasteiger partial charge in [-0.2, -0.15) is 0 Å². The van der Waals surface area contributed by atoms with E-state index in [2.05, 4.69) is 41.4 Å². The minimum atomic E-state index is 0.492. The summed E-state index contributed by atoms with van der Waals surface area (Å²) in [5.41, 5.74) is 2.85. The molecule has 2 fully saturated rings. The first kappa shape index (κ1) is 13.0. The minimum Gasteiger partial charge on any atom is -0.368 e. The van der Waals surface area contributed by atoms with Crippen LogP contribution in [0, 0.1) is 5.92 Å². The maximum absolute atomic E-state index is 3.38. The molecular weight excluding hydrogens is 232 g/mol. The van der Waals surface area contributed by atoms with E-state index in [-0.39, 0.29) is 0 Å². The molecule has 0 heterocycles. The molecule has 3 rings (SSSR count). The van der Waals surface area contributed by atoms with Gasteiger partial charge in [0.2, 0.25) is 0 Å². The molecule has 0 aliphatic heterocycles. The minimum absolute atomic E-state index is 0.492. The van der Waals surface area contributed by atoms with Crippen molar-refractivity contribution in [1.82, 2.24) is 5.32 Å². The van der Waals surface area contributed by atoms with Crippen LogP contribution in [0.15, 0.2) is 24.3 Å². The molecule has 2 nitrogen and oxygen atoms in total. The van der Waals surface area contributed by atoms with Crippen LogP contribution in [-0.4, -0.2) is 19.6 Å². The number of rotatable bonds is 7. The van der Waals surface area contributed by atoms with Gasteiger partial charge >= 0.3 is 0 Å². The summed E-state index contributed by atoms with van der Waals surface area (Å²) in [4.78, 5) is 2.65. The molecular formula is C17H26N2. The summed E-state index contributed by atoms with van der Waals surface area (Å²) >= 11 is 0. The van der Waals surface area contributed by atoms with Gasteiger partial charge in [-0.25, -0.2) is 0 Å². The molecule has 1 aromatic carbocycles. The third-order valence-electron chi connectivity index (χ3n) is 4.52. The predicted molar refractivity (Wildman–Crippen MR) is 81.6 cm³/mol. The number of nitrogens with zero attached hydrogens (tertiary/aromatic N) is 1. The maximum Gasteiger partial charge on any atom is 0.0369 e. The third-order valence-corrected chi connectivity index (χ3v) is 4.52.